The van der Waals surface area contributed by atoms with Crippen molar-refractivity contribution in [3.8, 4) is 0 Å². The highest BCUT2D eigenvalue weighted by molar-refractivity contribution is 5.76. The molecular weight excluding hydrogens is 226 g/mol. The Bertz CT molecular complexity index is 507. The lowest BCUT2D eigenvalue weighted by atomic mass is 10.1. The molecule has 1 aromatic heterocycles. The van der Waals surface area contributed by atoms with E-state index in [2.05, 4.69) is 23.6 Å². The van der Waals surface area contributed by atoms with Gasteiger partial charge in [0.2, 0.25) is 0 Å². The average molecular weight is 247 g/mol. The van der Waals surface area contributed by atoms with Crippen molar-refractivity contribution < 1.29 is 4.74 Å². The van der Waals surface area contributed by atoms with Gasteiger partial charge in [-0.1, -0.05) is 19.1 Å². The summed E-state index contributed by atoms with van der Waals surface area (Å²) >= 11 is 0. The lowest BCUT2D eigenvalue weighted by Gasteiger charge is -2.13. The van der Waals surface area contributed by atoms with Crippen LogP contribution in [0.3, 0.4) is 0 Å². The number of hydrogen-bond donors (Lipinski definition) is 1. The Kier molecular flexibility index (Phi) is 4.33. The minimum Gasteiger partial charge on any atom is -0.383 e. The Morgan fingerprint density at radius 1 is 1.39 bits per heavy atom. The summed E-state index contributed by atoms with van der Waals surface area (Å²) in [6.45, 7) is 4.40. The summed E-state index contributed by atoms with van der Waals surface area (Å²) in [7, 11) is 1.72. The van der Waals surface area contributed by atoms with Crippen molar-refractivity contribution in [2.75, 3.05) is 20.3 Å². The average Bonchev–Trinajstić information content (AvgIpc) is 2.75. The largest absolute Gasteiger partial charge is 0.383 e. The predicted octanol–water partition coefficient (Wildman–Crippen LogP) is 2.13. The van der Waals surface area contributed by atoms with Crippen molar-refractivity contribution in [1.29, 1.82) is 0 Å². The number of hydrogen-bond acceptors (Lipinski definition) is 3. The molecule has 18 heavy (non-hydrogen) atoms. The standard InChI is InChI=1S/C14H21N3O/c1-11(7-8-15)14-16-12-5-3-4-6-13(12)17(14)9-10-18-2/h3-6,11H,7-10,15H2,1-2H3. The van der Waals surface area contributed by atoms with Crippen LogP contribution in [0.15, 0.2) is 24.3 Å². The molecule has 0 radical (unpaired) electrons. The topological polar surface area (TPSA) is 53.1 Å². The van der Waals surface area contributed by atoms with Crippen LogP contribution in [-0.4, -0.2) is 29.8 Å². The van der Waals surface area contributed by atoms with Crippen LogP contribution in [0.2, 0.25) is 0 Å². The molecule has 0 saturated carbocycles. The molecule has 1 aromatic carbocycles. The molecule has 0 bridgehead atoms. The predicted molar refractivity (Wildman–Crippen MR) is 73.7 cm³/mol. The number of ether oxygens (including phenoxy) is 1. The minimum atomic E-state index is 0.374. The van der Waals surface area contributed by atoms with E-state index in [-0.39, 0.29) is 0 Å². The van der Waals surface area contributed by atoms with Crippen LogP contribution in [0.25, 0.3) is 11.0 Å². The fourth-order valence-corrected chi connectivity index (χ4v) is 2.27. The first-order valence-electron chi connectivity index (χ1n) is 6.42. The molecule has 2 aromatic rings. The van der Waals surface area contributed by atoms with Gasteiger partial charge in [-0.3, -0.25) is 0 Å². The lowest BCUT2D eigenvalue weighted by molar-refractivity contribution is 0.187. The van der Waals surface area contributed by atoms with E-state index in [0.717, 1.165) is 24.3 Å². The second-order valence-corrected chi connectivity index (χ2v) is 4.58. The zero-order valence-corrected chi connectivity index (χ0v) is 11.1. The first kappa shape index (κ1) is 13.1. The fraction of sp³-hybridized carbons (Fsp3) is 0.500. The van der Waals surface area contributed by atoms with Crippen LogP contribution in [-0.2, 0) is 11.3 Å². The Labute approximate surface area is 108 Å². The Morgan fingerprint density at radius 3 is 2.89 bits per heavy atom. The zero-order chi connectivity index (χ0) is 13.0. The van der Waals surface area contributed by atoms with Gasteiger partial charge in [-0.25, -0.2) is 4.98 Å². The molecule has 0 saturated heterocycles. The molecule has 0 spiro atoms. The van der Waals surface area contributed by atoms with Gasteiger partial charge < -0.3 is 15.0 Å². The first-order valence-corrected chi connectivity index (χ1v) is 6.42. The second-order valence-electron chi connectivity index (χ2n) is 4.58. The maximum atomic E-state index is 5.65. The number of fused-ring (bicyclic) bond motifs is 1. The molecule has 0 aliphatic rings. The van der Waals surface area contributed by atoms with E-state index in [1.807, 2.05) is 12.1 Å². The number of imidazole rings is 1. The highest BCUT2D eigenvalue weighted by atomic mass is 16.5. The molecule has 0 aliphatic heterocycles. The van der Waals surface area contributed by atoms with Crippen LogP contribution < -0.4 is 5.73 Å². The SMILES string of the molecule is COCCn1c(C(C)CCN)nc2ccccc21. The summed E-state index contributed by atoms with van der Waals surface area (Å²) in [5, 5.41) is 0. The minimum absolute atomic E-state index is 0.374. The summed E-state index contributed by atoms with van der Waals surface area (Å²) in [6, 6.07) is 8.23. The van der Waals surface area contributed by atoms with Gasteiger partial charge in [-0.15, -0.1) is 0 Å². The van der Waals surface area contributed by atoms with Crippen LogP contribution >= 0.6 is 0 Å². The third-order valence-corrected chi connectivity index (χ3v) is 3.24. The quantitative estimate of drug-likeness (QED) is 0.850. The number of rotatable bonds is 6. The number of aromatic nitrogens is 2. The summed E-state index contributed by atoms with van der Waals surface area (Å²) in [6.07, 6.45) is 0.955. The van der Waals surface area contributed by atoms with Crippen LogP contribution in [0.5, 0.6) is 0 Å². The molecule has 1 unspecified atom stereocenters. The van der Waals surface area contributed by atoms with Gasteiger partial charge >= 0.3 is 0 Å². The number of para-hydroxylation sites is 2. The molecule has 1 heterocycles. The maximum absolute atomic E-state index is 5.65. The fourth-order valence-electron chi connectivity index (χ4n) is 2.27. The Balaban J connectivity index is 2.42. The molecular formula is C14H21N3O. The summed E-state index contributed by atoms with van der Waals surface area (Å²) in [5.74, 6) is 1.48. The third kappa shape index (κ3) is 2.54. The smallest absolute Gasteiger partial charge is 0.112 e. The summed E-state index contributed by atoms with van der Waals surface area (Å²) in [4.78, 5) is 4.74. The van der Waals surface area contributed by atoms with E-state index in [9.17, 15) is 0 Å². The van der Waals surface area contributed by atoms with Gasteiger partial charge in [0.1, 0.15) is 5.82 Å². The van der Waals surface area contributed by atoms with E-state index in [1.165, 1.54) is 5.52 Å². The molecule has 4 heteroatoms. The van der Waals surface area contributed by atoms with Crippen molar-refractivity contribution in [3.63, 3.8) is 0 Å². The van der Waals surface area contributed by atoms with Gasteiger partial charge in [0.05, 0.1) is 17.6 Å². The van der Waals surface area contributed by atoms with E-state index < -0.39 is 0 Å². The second kappa shape index (κ2) is 5.98. The summed E-state index contributed by atoms with van der Waals surface area (Å²) in [5.41, 5.74) is 7.87. The first-order chi connectivity index (χ1) is 8.77. The normalized spacial score (nSPS) is 13.1. The van der Waals surface area contributed by atoms with E-state index in [4.69, 9.17) is 15.5 Å². The van der Waals surface area contributed by atoms with Gasteiger partial charge in [-0.2, -0.15) is 0 Å². The van der Waals surface area contributed by atoms with Gasteiger partial charge in [-0.05, 0) is 25.1 Å². The van der Waals surface area contributed by atoms with Crippen LogP contribution in [0.1, 0.15) is 25.1 Å². The van der Waals surface area contributed by atoms with Gasteiger partial charge in [0.15, 0.2) is 0 Å². The van der Waals surface area contributed by atoms with E-state index >= 15 is 0 Å². The van der Waals surface area contributed by atoms with Crippen LogP contribution in [0, 0.1) is 0 Å². The van der Waals surface area contributed by atoms with Crippen LogP contribution in [0.4, 0.5) is 0 Å². The molecule has 0 aliphatic carbocycles. The van der Waals surface area contributed by atoms with Crippen molar-refractivity contribution in [2.24, 2.45) is 5.73 Å². The molecule has 2 N–H and O–H groups in total. The summed E-state index contributed by atoms with van der Waals surface area (Å²) < 4.78 is 7.43. The molecule has 2 rings (SSSR count). The number of nitrogens with zero attached hydrogens (tertiary/aromatic N) is 2. The lowest BCUT2D eigenvalue weighted by Crippen LogP contribution is -2.13. The molecule has 98 valence electrons. The Morgan fingerprint density at radius 2 is 2.17 bits per heavy atom. The van der Waals surface area contributed by atoms with Crippen molar-refractivity contribution in [3.05, 3.63) is 30.1 Å². The van der Waals surface area contributed by atoms with Gasteiger partial charge in [0, 0.05) is 19.6 Å². The van der Waals surface area contributed by atoms with Gasteiger partial charge in [0.25, 0.3) is 0 Å². The zero-order valence-electron chi connectivity index (χ0n) is 11.1. The van der Waals surface area contributed by atoms with Crippen molar-refractivity contribution in [2.45, 2.75) is 25.8 Å². The molecule has 0 fully saturated rings. The highest BCUT2D eigenvalue weighted by Crippen LogP contribution is 2.23. The molecule has 0 amide bonds. The Hall–Kier alpha value is -1.39. The molecule has 4 nitrogen and oxygen atoms in total. The van der Waals surface area contributed by atoms with Crippen molar-refractivity contribution >= 4 is 11.0 Å². The number of nitrogens with two attached hydrogens (primary N) is 1. The third-order valence-electron chi connectivity index (χ3n) is 3.24. The molecule has 1 atom stereocenters. The highest BCUT2D eigenvalue weighted by Gasteiger charge is 2.15. The maximum Gasteiger partial charge on any atom is 0.112 e. The van der Waals surface area contributed by atoms with E-state index in [1.54, 1.807) is 7.11 Å². The van der Waals surface area contributed by atoms with Crippen molar-refractivity contribution in [1.82, 2.24) is 9.55 Å². The number of methoxy groups -OCH3 is 1. The van der Waals surface area contributed by atoms with E-state index in [0.29, 0.717) is 19.1 Å². The number of benzene rings is 1. The monoisotopic (exact) mass is 247 g/mol.